The first-order valence-electron chi connectivity index (χ1n) is 10.1. The lowest BCUT2D eigenvalue weighted by molar-refractivity contribution is -0.0208. The lowest BCUT2D eigenvalue weighted by atomic mass is 9.50. The fourth-order valence-electron chi connectivity index (χ4n) is 5.87. The van der Waals surface area contributed by atoms with E-state index in [-0.39, 0.29) is 5.41 Å². The van der Waals surface area contributed by atoms with E-state index in [2.05, 4.69) is 44.0 Å². The third-order valence-electron chi connectivity index (χ3n) is 7.32. The van der Waals surface area contributed by atoms with Crippen LogP contribution in [0.5, 0.6) is 5.88 Å². The number of pyridine rings is 1. The minimum atomic E-state index is 0.214. The van der Waals surface area contributed by atoms with E-state index < -0.39 is 0 Å². The van der Waals surface area contributed by atoms with Crippen LogP contribution in [0, 0.1) is 28.6 Å². The number of ether oxygens (including phenoxy) is 1. The fourth-order valence-corrected chi connectivity index (χ4v) is 5.87. The SMILES string of the molecule is CC1CC2CC(C1)CC(C)(C1(C)C=CC(Oc3ccc(N)cn3)=CC1)C2. The predicted octanol–water partition coefficient (Wildman–Crippen LogP) is 5.75. The topological polar surface area (TPSA) is 48.1 Å². The molecule has 3 nitrogen and oxygen atoms in total. The summed E-state index contributed by atoms with van der Waals surface area (Å²) in [7, 11) is 0. The Hall–Kier alpha value is -1.77. The highest BCUT2D eigenvalue weighted by Gasteiger charge is 2.49. The van der Waals surface area contributed by atoms with E-state index in [0.29, 0.717) is 17.0 Å². The fraction of sp³-hybridized carbons (Fsp3) is 0.609. The number of anilines is 1. The van der Waals surface area contributed by atoms with Gasteiger partial charge in [-0.1, -0.05) is 26.8 Å². The van der Waals surface area contributed by atoms with Gasteiger partial charge in [0.15, 0.2) is 0 Å². The van der Waals surface area contributed by atoms with Crippen molar-refractivity contribution < 1.29 is 4.74 Å². The lowest BCUT2D eigenvalue weighted by Crippen LogP contribution is -2.45. The summed E-state index contributed by atoms with van der Waals surface area (Å²) in [4.78, 5) is 4.24. The van der Waals surface area contributed by atoms with Crippen molar-refractivity contribution in [2.45, 2.75) is 59.3 Å². The standard InChI is InChI=1S/C23H32N2O/c1-16-10-17-12-18(11-16)14-23(3,13-17)22(2)8-6-20(7-9-22)26-21-5-4-19(24)15-25-21/h4-8,15-18H,9-14,24H2,1-3H3. The van der Waals surface area contributed by atoms with Crippen molar-refractivity contribution in [2.24, 2.45) is 28.6 Å². The van der Waals surface area contributed by atoms with Crippen LogP contribution in [-0.2, 0) is 0 Å². The molecule has 1 heterocycles. The Morgan fingerprint density at radius 3 is 2.42 bits per heavy atom. The molecule has 2 bridgehead atoms. The molecule has 0 spiro atoms. The van der Waals surface area contributed by atoms with Crippen LogP contribution in [0.4, 0.5) is 5.69 Å². The third-order valence-corrected chi connectivity index (χ3v) is 7.32. The smallest absolute Gasteiger partial charge is 0.219 e. The summed E-state index contributed by atoms with van der Waals surface area (Å²) in [5, 5.41) is 0. The highest BCUT2D eigenvalue weighted by atomic mass is 16.5. The summed E-state index contributed by atoms with van der Waals surface area (Å²) in [5.74, 6) is 4.27. The molecular formula is C23H32N2O. The summed E-state index contributed by atoms with van der Waals surface area (Å²) in [5.41, 5.74) is 6.95. The van der Waals surface area contributed by atoms with Gasteiger partial charge < -0.3 is 10.5 Å². The molecular weight excluding hydrogens is 320 g/mol. The first-order valence-corrected chi connectivity index (χ1v) is 10.1. The number of nitrogen functional groups attached to an aromatic ring is 1. The molecule has 3 unspecified atom stereocenters. The Bertz CT molecular complexity index is 702. The normalized spacial score (nSPS) is 39.3. The molecule has 3 atom stereocenters. The van der Waals surface area contributed by atoms with Gasteiger partial charge in [0.1, 0.15) is 5.76 Å². The van der Waals surface area contributed by atoms with Crippen molar-refractivity contribution in [3.05, 3.63) is 42.3 Å². The van der Waals surface area contributed by atoms with Gasteiger partial charge in [0, 0.05) is 6.07 Å². The number of hydrogen-bond donors (Lipinski definition) is 1. The Labute approximate surface area is 157 Å². The summed E-state index contributed by atoms with van der Waals surface area (Å²) >= 11 is 0. The predicted molar refractivity (Wildman–Crippen MR) is 107 cm³/mol. The number of hydrogen-bond acceptors (Lipinski definition) is 3. The maximum atomic E-state index is 5.92. The molecule has 0 radical (unpaired) electrons. The highest BCUT2D eigenvalue weighted by molar-refractivity contribution is 5.37. The van der Waals surface area contributed by atoms with Gasteiger partial charge in [-0.25, -0.2) is 4.98 Å². The van der Waals surface area contributed by atoms with Crippen LogP contribution >= 0.6 is 0 Å². The van der Waals surface area contributed by atoms with Gasteiger partial charge in [0.25, 0.3) is 0 Å². The van der Waals surface area contributed by atoms with Crippen LogP contribution in [0.2, 0.25) is 0 Å². The molecule has 2 fully saturated rings. The van der Waals surface area contributed by atoms with Crippen molar-refractivity contribution in [3.8, 4) is 5.88 Å². The van der Waals surface area contributed by atoms with Gasteiger partial charge in [0.2, 0.25) is 5.88 Å². The molecule has 3 aliphatic rings. The quantitative estimate of drug-likeness (QED) is 0.754. The van der Waals surface area contributed by atoms with Crippen molar-refractivity contribution >= 4 is 5.69 Å². The van der Waals surface area contributed by atoms with Gasteiger partial charge in [-0.2, -0.15) is 0 Å². The van der Waals surface area contributed by atoms with Gasteiger partial charge >= 0.3 is 0 Å². The molecule has 0 aromatic carbocycles. The van der Waals surface area contributed by atoms with E-state index in [1.165, 1.54) is 32.1 Å². The van der Waals surface area contributed by atoms with Crippen LogP contribution in [0.15, 0.2) is 42.3 Å². The lowest BCUT2D eigenvalue weighted by Gasteiger charge is -2.55. The van der Waals surface area contributed by atoms with E-state index in [4.69, 9.17) is 10.5 Å². The molecule has 1 aromatic heterocycles. The Kier molecular flexibility index (Phi) is 4.37. The zero-order valence-corrected chi connectivity index (χ0v) is 16.4. The number of aromatic nitrogens is 1. The summed E-state index contributed by atoms with van der Waals surface area (Å²) in [6.07, 6.45) is 16.6. The van der Waals surface area contributed by atoms with Gasteiger partial charge in [-0.3, -0.25) is 0 Å². The molecule has 3 aliphatic carbocycles. The maximum Gasteiger partial charge on any atom is 0.219 e. The molecule has 1 aromatic rings. The molecule has 3 heteroatoms. The van der Waals surface area contributed by atoms with E-state index in [1.54, 1.807) is 6.20 Å². The molecule has 4 rings (SSSR count). The first-order chi connectivity index (χ1) is 12.4. The second kappa shape index (κ2) is 6.44. The van der Waals surface area contributed by atoms with Gasteiger partial charge in [0.05, 0.1) is 11.9 Å². The molecule has 2 saturated carbocycles. The summed E-state index contributed by atoms with van der Waals surface area (Å²) < 4.78 is 5.92. The second-order valence-electron chi connectivity index (χ2n) is 9.61. The highest BCUT2D eigenvalue weighted by Crippen LogP contribution is 2.59. The minimum Gasteiger partial charge on any atom is -0.439 e. The zero-order chi connectivity index (χ0) is 18.4. The minimum absolute atomic E-state index is 0.214. The van der Waals surface area contributed by atoms with Crippen LogP contribution in [-0.4, -0.2) is 4.98 Å². The Balaban J connectivity index is 1.46. The van der Waals surface area contributed by atoms with Crippen molar-refractivity contribution in [2.75, 3.05) is 5.73 Å². The number of rotatable bonds is 3. The number of nitrogens with two attached hydrogens (primary N) is 1. The Morgan fingerprint density at radius 2 is 1.85 bits per heavy atom. The van der Waals surface area contributed by atoms with Crippen molar-refractivity contribution in [3.63, 3.8) is 0 Å². The zero-order valence-electron chi connectivity index (χ0n) is 16.4. The monoisotopic (exact) mass is 352 g/mol. The summed E-state index contributed by atoms with van der Waals surface area (Å²) in [6, 6.07) is 3.64. The molecule has 2 N–H and O–H groups in total. The second-order valence-corrected chi connectivity index (χ2v) is 9.61. The average molecular weight is 353 g/mol. The van der Waals surface area contributed by atoms with Crippen LogP contribution in [0.1, 0.15) is 59.3 Å². The van der Waals surface area contributed by atoms with Crippen LogP contribution in [0.25, 0.3) is 0 Å². The van der Waals surface area contributed by atoms with Crippen molar-refractivity contribution in [1.82, 2.24) is 4.98 Å². The third kappa shape index (κ3) is 3.28. The van der Waals surface area contributed by atoms with E-state index in [9.17, 15) is 0 Å². The number of fused-ring (bicyclic) bond motifs is 2. The number of allylic oxidation sites excluding steroid dienone is 3. The van der Waals surface area contributed by atoms with Crippen molar-refractivity contribution in [1.29, 1.82) is 0 Å². The van der Waals surface area contributed by atoms with Gasteiger partial charge in [-0.05, 0) is 85.3 Å². The van der Waals surface area contributed by atoms with E-state index >= 15 is 0 Å². The van der Waals surface area contributed by atoms with Crippen LogP contribution < -0.4 is 10.5 Å². The van der Waals surface area contributed by atoms with Crippen LogP contribution in [0.3, 0.4) is 0 Å². The molecule has 0 aliphatic heterocycles. The largest absolute Gasteiger partial charge is 0.439 e. The first kappa shape index (κ1) is 17.6. The molecule has 26 heavy (non-hydrogen) atoms. The van der Waals surface area contributed by atoms with E-state index in [0.717, 1.165) is 29.9 Å². The average Bonchev–Trinajstić information content (AvgIpc) is 2.58. The molecule has 0 saturated heterocycles. The maximum absolute atomic E-state index is 5.92. The summed E-state index contributed by atoms with van der Waals surface area (Å²) in [6.45, 7) is 7.43. The molecule has 0 amide bonds. The molecule has 140 valence electrons. The van der Waals surface area contributed by atoms with E-state index in [1.807, 2.05) is 12.1 Å². The number of nitrogens with zero attached hydrogens (tertiary/aromatic N) is 1. The Morgan fingerprint density at radius 1 is 1.12 bits per heavy atom. The van der Waals surface area contributed by atoms with Gasteiger partial charge in [-0.15, -0.1) is 0 Å².